The summed E-state index contributed by atoms with van der Waals surface area (Å²) < 4.78 is 28.7. The molecule has 28 heavy (non-hydrogen) atoms. The third-order valence-corrected chi connectivity index (χ3v) is 5.41. The maximum Gasteiger partial charge on any atom is 0.238 e. The normalized spacial score (nSPS) is 11.5. The number of rotatable bonds is 5. The minimum atomic E-state index is -3.75. The molecule has 5 nitrogen and oxygen atoms in total. The number of nitrogens with two attached hydrogens (primary N) is 1. The van der Waals surface area contributed by atoms with Gasteiger partial charge in [0.2, 0.25) is 10.0 Å². The van der Waals surface area contributed by atoms with Crippen LogP contribution < -0.4 is 5.14 Å². The maximum atomic E-state index is 11.5. The van der Waals surface area contributed by atoms with Gasteiger partial charge in [-0.05, 0) is 35.4 Å². The van der Waals surface area contributed by atoms with Gasteiger partial charge < -0.3 is 4.52 Å². The molecule has 0 amide bonds. The van der Waals surface area contributed by atoms with Crippen molar-refractivity contribution in [2.24, 2.45) is 5.14 Å². The van der Waals surface area contributed by atoms with E-state index < -0.39 is 10.0 Å². The highest BCUT2D eigenvalue weighted by atomic mass is 32.2. The molecule has 0 aliphatic rings. The molecule has 0 aliphatic carbocycles. The Hall–Kier alpha value is -3.22. The van der Waals surface area contributed by atoms with Crippen LogP contribution in [0.3, 0.4) is 0 Å². The molecule has 0 spiro atoms. The topological polar surface area (TPSA) is 86.2 Å². The predicted octanol–water partition coefficient (Wildman–Crippen LogP) is 4.25. The lowest BCUT2D eigenvalue weighted by atomic mass is 9.96. The summed E-state index contributed by atoms with van der Waals surface area (Å²) >= 11 is 0. The second-order valence-electron chi connectivity index (χ2n) is 6.43. The molecule has 140 valence electrons. The van der Waals surface area contributed by atoms with Crippen LogP contribution in [0, 0.1) is 0 Å². The molecule has 6 heteroatoms. The molecular weight excluding hydrogens is 372 g/mol. The van der Waals surface area contributed by atoms with Gasteiger partial charge in [0.15, 0.2) is 5.76 Å². The Morgan fingerprint density at radius 1 is 0.786 bits per heavy atom. The van der Waals surface area contributed by atoms with Gasteiger partial charge in [-0.15, -0.1) is 0 Å². The summed E-state index contributed by atoms with van der Waals surface area (Å²) in [5.74, 6) is 0.595. The Morgan fingerprint density at radius 2 is 1.39 bits per heavy atom. The first-order valence-corrected chi connectivity index (χ1v) is 10.3. The fourth-order valence-electron chi connectivity index (χ4n) is 3.13. The van der Waals surface area contributed by atoms with Crippen molar-refractivity contribution >= 4 is 10.0 Å². The third kappa shape index (κ3) is 3.74. The molecule has 0 saturated heterocycles. The fraction of sp³-hybridized carbons (Fsp3) is 0.0455. The van der Waals surface area contributed by atoms with Crippen molar-refractivity contribution in [3.8, 4) is 22.5 Å². The van der Waals surface area contributed by atoms with Crippen molar-refractivity contribution in [3.05, 3.63) is 96.2 Å². The quantitative estimate of drug-likeness (QED) is 0.552. The molecule has 4 aromatic rings. The first-order valence-electron chi connectivity index (χ1n) is 8.73. The van der Waals surface area contributed by atoms with E-state index in [1.165, 1.54) is 12.1 Å². The van der Waals surface area contributed by atoms with E-state index in [0.29, 0.717) is 12.2 Å². The van der Waals surface area contributed by atoms with Gasteiger partial charge in [0.05, 0.1) is 16.2 Å². The molecule has 0 atom stereocenters. The summed E-state index contributed by atoms with van der Waals surface area (Å²) in [6, 6.07) is 26.2. The molecule has 1 heterocycles. The lowest BCUT2D eigenvalue weighted by Crippen LogP contribution is -2.11. The zero-order valence-corrected chi connectivity index (χ0v) is 15.8. The molecule has 1 aromatic heterocycles. The number of hydrogen-bond acceptors (Lipinski definition) is 4. The van der Waals surface area contributed by atoms with E-state index in [-0.39, 0.29) is 4.90 Å². The Balaban J connectivity index is 1.81. The van der Waals surface area contributed by atoms with Crippen LogP contribution in [-0.2, 0) is 16.4 Å². The Labute approximate surface area is 163 Å². The van der Waals surface area contributed by atoms with Gasteiger partial charge in [-0.3, -0.25) is 0 Å². The van der Waals surface area contributed by atoms with Gasteiger partial charge in [-0.25, -0.2) is 13.6 Å². The van der Waals surface area contributed by atoms with Crippen LogP contribution in [0.1, 0.15) is 11.3 Å². The number of benzene rings is 3. The average molecular weight is 390 g/mol. The molecular formula is C22H18N2O3S. The number of sulfonamides is 1. The highest BCUT2D eigenvalue weighted by Gasteiger charge is 2.20. The van der Waals surface area contributed by atoms with E-state index in [1.54, 1.807) is 12.1 Å². The molecule has 0 fully saturated rings. The number of hydrogen-bond donors (Lipinski definition) is 1. The largest absolute Gasteiger partial charge is 0.355 e. The monoisotopic (exact) mass is 390 g/mol. The van der Waals surface area contributed by atoms with E-state index in [4.69, 9.17) is 9.66 Å². The maximum absolute atomic E-state index is 11.5. The third-order valence-electron chi connectivity index (χ3n) is 4.48. The van der Waals surface area contributed by atoms with Gasteiger partial charge in [0.1, 0.15) is 0 Å². The molecule has 0 unspecified atom stereocenters. The van der Waals surface area contributed by atoms with E-state index >= 15 is 0 Å². The first kappa shape index (κ1) is 18.2. The number of nitrogens with zero attached hydrogens (tertiary/aromatic N) is 1. The van der Waals surface area contributed by atoms with Crippen molar-refractivity contribution in [2.75, 3.05) is 0 Å². The highest BCUT2D eigenvalue weighted by molar-refractivity contribution is 7.89. The lowest BCUT2D eigenvalue weighted by molar-refractivity contribution is 0.425. The van der Waals surface area contributed by atoms with Crippen LogP contribution in [-0.4, -0.2) is 13.6 Å². The molecule has 0 radical (unpaired) electrons. The Bertz CT molecular complexity index is 1180. The summed E-state index contributed by atoms with van der Waals surface area (Å²) in [6.45, 7) is 0. The van der Waals surface area contributed by atoms with Crippen molar-refractivity contribution < 1.29 is 12.9 Å². The fourth-order valence-corrected chi connectivity index (χ4v) is 3.64. The van der Waals surface area contributed by atoms with Crippen LogP contribution in [0.15, 0.2) is 94.3 Å². The number of aromatic nitrogens is 1. The molecule has 3 aromatic carbocycles. The smallest absolute Gasteiger partial charge is 0.238 e. The van der Waals surface area contributed by atoms with Gasteiger partial charge in [0, 0.05) is 12.0 Å². The van der Waals surface area contributed by atoms with E-state index in [9.17, 15) is 8.42 Å². The Morgan fingerprint density at radius 3 is 2.00 bits per heavy atom. The predicted molar refractivity (Wildman–Crippen MR) is 108 cm³/mol. The highest BCUT2D eigenvalue weighted by Crippen LogP contribution is 2.36. The van der Waals surface area contributed by atoms with Crippen LogP contribution >= 0.6 is 0 Å². The standard InChI is InChI=1S/C22H18N2O3S/c23-28(25,26)19-13-11-18(12-14-19)22-21(17-9-5-2-6-10-17)20(24-27-22)15-16-7-3-1-4-8-16/h1-14H,15H2,(H2,23,25,26). The molecule has 0 aliphatic heterocycles. The van der Waals surface area contributed by atoms with E-state index in [2.05, 4.69) is 5.16 Å². The average Bonchev–Trinajstić information content (AvgIpc) is 3.12. The van der Waals surface area contributed by atoms with Gasteiger partial charge in [-0.2, -0.15) is 0 Å². The Kier molecular flexibility index (Phi) is 4.81. The molecule has 0 bridgehead atoms. The van der Waals surface area contributed by atoms with Gasteiger partial charge in [-0.1, -0.05) is 65.8 Å². The lowest BCUT2D eigenvalue weighted by Gasteiger charge is -2.06. The second kappa shape index (κ2) is 7.42. The van der Waals surface area contributed by atoms with E-state index in [1.807, 2.05) is 60.7 Å². The summed E-state index contributed by atoms with van der Waals surface area (Å²) in [4.78, 5) is 0.0570. The number of primary sulfonamides is 1. The van der Waals surface area contributed by atoms with Crippen LogP contribution in [0.2, 0.25) is 0 Å². The van der Waals surface area contributed by atoms with Gasteiger partial charge in [0.25, 0.3) is 0 Å². The zero-order chi connectivity index (χ0) is 19.6. The van der Waals surface area contributed by atoms with Crippen LogP contribution in [0.5, 0.6) is 0 Å². The van der Waals surface area contributed by atoms with Gasteiger partial charge >= 0.3 is 0 Å². The first-order chi connectivity index (χ1) is 13.5. The molecule has 4 rings (SSSR count). The summed E-state index contributed by atoms with van der Waals surface area (Å²) in [5.41, 5.74) is 4.57. The van der Waals surface area contributed by atoms with Crippen molar-refractivity contribution in [2.45, 2.75) is 11.3 Å². The van der Waals surface area contributed by atoms with E-state index in [0.717, 1.165) is 27.9 Å². The van der Waals surface area contributed by atoms with Crippen LogP contribution in [0.25, 0.3) is 22.5 Å². The van der Waals surface area contributed by atoms with Crippen molar-refractivity contribution in [3.63, 3.8) is 0 Å². The zero-order valence-electron chi connectivity index (χ0n) is 14.9. The molecule has 0 saturated carbocycles. The van der Waals surface area contributed by atoms with Crippen molar-refractivity contribution in [1.82, 2.24) is 5.16 Å². The minimum Gasteiger partial charge on any atom is -0.355 e. The molecule has 2 N–H and O–H groups in total. The minimum absolute atomic E-state index is 0.0570. The summed E-state index contributed by atoms with van der Waals surface area (Å²) in [7, 11) is -3.75. The summed E-state index contributed by atoms with van der Waals surface area (Å²) in [5, 5.41) is 9.51. The second-order valence-corrected chi connectivity index (χ2v) is 7.99. The van der Waals surface area contributed by atoms with Crippen LogP contribution in [0.4, 0.5) is 0 Å². The summed E-state index contributed by atoms with van der Waals surface area (Å²) in [6.07, 6.45) is 0.629. The van der Waals surface area contributed by atoms with Crippen molar-refractivity contribution in [1.29, 1.82) is 0 Å². The SMILES string of the molecule is NS(=O)(=O)c1ccc(-c2onc(Cc3ccccc3)c2-c2ccccc2)cc1.